The maximum Gasteiger partial charge on any atom is 0.283 e. The first kappa shape index (κ1) is 14.0. The van der Waals surface area contributed by atoms with Crippen molar-refractivity contribution in [3.8, 4) is 0 Å². The summed E-state index contributed by atoms with van der Waals surface area (Å²) >= 11 is 6.02. The molecule has 1 aliphatic heterocycles. The maximum absolute atomic E-state index is 12.1. The highest BCUT2D eigenvalue weighted by Gasteiger charge is 2.29. The molecule has 106 valence electrons. The highest BCUT2D eigenvalue weighted by molar-refractivity contribution is 7.90. The van der Waals surface area contributed by atoms with E-state index in [1.807, 2.05) is 6.07 Å². The molecule has 5 heteroatoms. The molecule has 0 aromatic heterocycles. The second-order valence-corrected chi connectivity index (χ2v) is 6.71. The number of hydrogen-bond donors (Lipinski definition) is 0. The molecule has 0 bridgehead atoms. The van der Waals surface area contributed by atoms with Crippen LogP contribution in [0.4, 0.5) is 0 Å². The van der Waals surface area contributed by atoms with E-state index in [0.29, 0.717) is 22.7 Å². The van der Waals surface area contributed by atoms with Gasteiger partial charge in [0, 0.05) is 16.1 Å². The van der Waals surface area contributed by atoms with Gasteiger partial charge in [0.1, 0.15) is 0 Å². The Labute approximate surface area is 128 Å². The van der Waals surface area contributed by atoms with Crippen LogP contribution in [0.2, 0.25) is 5.02 Å². The molecule has 1 heterocycles. The Morgan fingerprint density at radius 2 is 1.90 bits per heavy atom. The molecule has 1 aliphatic rings. The van der Waals surface area contributed by atoms with Gasteiger partial charge in [0.15, 0.2) is 0 Å². The Balaban J connectivity index is 2.25. The Kier molecular flexibility index (Phi) is 3.43. The summed E-state index contributed by atoms with van der Waals surface area (Å²) in [4.78, 5) is 0.250. The van der Waals surface area contributed by atoms with E-state index in [0.717, 1.165) is 11.1 Å². The summed E-state index contributed by atoms with van der Waals surface area (Å²) in [6.07, 6.45) is 2.35. The number of benzene rings is 2. The van der Waals surface area contributed by atoms with Crippen LogP contribution in [-0.4, -0.2) is 14.1 Å². The van der Waals surface area contributed by atoms with E-state index in [1.54, 1.807) is 42.5 Å². The standard InChI is InChI=1S/C16H12ClNO2S/c1-2-5-11-10-12(17)8-9-13(11)16-14-6-3-4-7-15(14)21(19,20)18-16/h2-4,6-10H,1,5H2. The summed E-state index contributed by atoms with van der Waals surface area (Å²) in [5.74, 6) is 0. The number of nitrogens with zero attached hydrogens (tertiary/aromatic N) is 1. The lowest BCUT2D eigenvalue weighted by molar-refractivity contribution is 0.599. The Bertz CT molecular complexity index is 870. The van der Waals surface area contributed by atoms with Crippen molar-refractivity contribution < 1.29 is 8.42 Å². The Morgan fingerprint density at radius 3 is 2.67 bits per heavy atom. The van der Waals surface area contributed by atoms with Crippen molar-refractivity contribution in [1.82, 2.24) is 0 Å². The number of sulfonamides is 1. The predicted octanol–water partition coefficient (Wildman–Crippen LogP) is 3.61. The lowest BCUT2D eigenvalue weighted by Crippen LogP contribution is -2.04. The van der Waals surface area contributed by atoms with E-state index in [4.69, 9.17) is 11.6 Å². The summed E-state index contributed by atoms with van der Waals surface area (Å²) in [7, 11) is -3.62. The van der Waals surface area contributed by atoms with Gasteiger partial charge in [0.05, 0.1) is 10.6 Å². The van der Waals surface area contributed by atoms with Gasteiger partial charge in [-0.05, 0) is 30.2 Å². The number of allylic oxidation sites excluding steroid dienone is 1. The van der Waals surface area contributed by atoms with Crippen molar-refractivity contribution in [1.29, 1.82) is 0 Å². The molecule has 0 spiro atoms. The lowest BCUT2D eigenvalue weighted by atomic mass is 9.96. The average Bonchev–Trinajstić information content (AvgIpc) is 2.72. The molecule has 3 nitrogen and oxygen atoms in total. The third kappa shape index (κ3) is 2.41. The summed E-state index contributed by atoms with van der Waals surface area (Å²) in [6, 6.07) is 12.2. The monoisotopic (exact) mass is 317 g/mol. The molecular formula is C16H12ClNO2S. The second-order valence-electron chi connectivity index (χ2n) is 4.71. The zero-order valence-electron chi connectivity index (χ0n) is 11.1. The van der Waals surface area contributed by atoms with Gasteiger partial charge < -0.3 is 0 Å². The van der Waals surface area contributed by atoms with Crippen molar-refractivity contribution in [2.45, 2.75) is 11.3 Å². The minimum absolute atomic E-state index is 0.250. The largest absolute Gasteiger partial charge is 0.283 e. The van der Waals surface area contributed by atoms with E-state index in [-0.39, 0.29) is 4.90 Å². The third-order valence-corrected chi connectivity index (χ3v) is 4.89. The Hall–Kier alpha value is -1.91. The summed E-state index contributed by atoms with van der Waals surface area (Å²) < 4.78 is 28.2. The van der Waals surface area contributed by atoms with Crippen LogP contribution in [0.1, 0.15) is 16.7 Å². The van der Waals surface area contributed by atoms with Crippen LogP contribution in [0.3, 0.4) is 0 Å². The minimum atomic E-state index is -3.62. The number of rotatable bonds is 3. The first-order chi connectivity index (χ1) is 10.0. The summed E-state index contributed by atoms with van der Waals surface area (Å²) in [6.45, 7) is 3.73. The molecule has 0 atom stereocenters. The fourth-order valence-electron chi connectivity index (χ4n) is 2.42. The second kappa shape index (κ2) is 5.13. The zero-order valence-corrected chi connectivity index (χ0v) is 12.7. The van der Waals surface area contributed by atoms with Gasteiger partial charge in [0.25, 0.3) is 10.0 Å². The predicted molar refractivity (Wildman–Crippen MR) is 84.6 cm³/mol. The summed E-state index contributed by atoms with van der Waals surface area (Å²) in [5.41, 5.74) is 2.78. The van der Waals surface area contributed by atoms with Crippen LogP contribution in [0.25, 0.3) is 0 Å². The van der Waals surface area contributed by atoms with Gasteiger partial charge in [0.2, 0.25) is 0 Å². The molecule has 0 radical (unpaired) electrons. The molecule has 0 saturated carbocycles. The van der Waals surface area contributed by atoms with E-state index in [2.05, 4.69) is 11.0 Å². The van der Waals surface area contributed by atoms with Gasteiger partial charge in [-0.2, -0.15) is 12.8 Å². The SMILES string of the molecule is C=CCc1cc(Cl)ccc1C1=NS(=O)(=O)c2ccccc21. The van der Waals surface area contributed by atoms with E-state index in [1.165, 1.54) is 0 Å². The number of fused-ring (bicyclic) bond motifs is 1. The van der Waals surface area contributed by atoms with Crippen molar-refractivity contribution in [3.63, 3.8) is 0 Å². The quantitative estimate of drug-likeness (QED) is 0.812. The van der Waals surface area contributed by atoms with E-state index < -0.39 is 10.0 Å². The van der Waals surface area contributed by atoms with Crippen molar-refractivity contribution >= 4 is 27.3 Å². The first-order valence-electron chi connectivity index (χ1n) is 6.37. The smallest absolute Gasteiger partial charge is 0.199 e. The Morgan fingerprint density at radius 1 is 1.14 bits per heavy atom. The fourth-order valence-corrected chi connectivity index (χ4v) is 3.84. The number of hydrogen-bond acceptors (Lipinski definition) is 2. The topological polar surface area (TPSA) is 46.5 Å². The van der Waals surface area contributed by atoms with Gasteiger partial charge >= 0.3 is 0 Å². The van der Waals surface area contributed by atoms with Gasteiger partial charge in [-0.3, -0.25) is 0 Å². The van der Waals surface area contributed by atoms with E-state index in [9.17, 15) is 8.42 Å². The highest BCUT2D eigenvalue weighted by Crippen LogP contribution is 2.31. The molecule has 3 rings (SSSR count). The zero-order chi connectivity index (χ0) is 15.0. The van der Waals surface area contributed by atoms with Crippen LogP contribution < -0.4 is 0 Å². The molecule has 0 saturated heterocycles. The molecular weight excluding hydrogens is 306 g/mol. The highest BCUT2D eigenvalue weighted by atomic mass is 35.5. The van der Waals surface area contributed by atoms with Crippen molar-refractivity contribution in [2.75, 3.05) is 0 Å². The molecule has 0 amide bonds. The van der Waals surface area contributed by atoms with Crippen LogP contribution in [-0.2, 0) is 16.4 Å². The number of halogens is 1. The van der Waals surface area contributed by atoms with Crippen molar-refractivity contribution in [2.24, 2.45) is 4.40 Å². The van der Waals surface area contributed by atoms with Gasteiger partial charge in [-0.25, -0.2) is 0 Å². The van der Waals surface area contributed by atoms with Gasteiger partial charge in [-0.15, -0.1) is 6.58 Å². The molecule has 0 N–H and O–H groups in total. The molecule has 2 aromatic carbocycles. The van der Waals surface area contributed by atoms with Crippen LogP contribution in [0.5, 0.6) is 0 Å². The fraction of sp³-hybridized carbons (Fsp3) is 0.0625. The summed E-state index contributed by atoms with van der Waals surface area (Å²) in [5, 5.41) is 0.602. The molecule has 0 aliphatic carbocycles. The average molecular weight is 318 g/mol. The molecule has 21 heavy (non-hydrogen) atoms. The molecule has 0 unspecified atom stereocenters. The normalized spacial score (nSPS) is 15.4. The third-order valence-electron chi connectivity index (χ3n) is 3.32. The molecule has 0 fully saturated rings. The van der Waals surface area contributed by atoms with Crippen LogP contribution in [0.15, 0.2) is 64.4 Å². The van der Waals surface area contributed by atoms with E-state index >= 15 is 0 Å². The lowest BCUT2D eigenvalue weighted by Gasteiger charge is -2.09. The molecule has 2 aromatic rings. The van der Waals surface area contributed by atoms with Crippen LogP contribution in [0, 0.1) is 0 Å². The van der Waals surface area contributed by atoms with Crippen molar-refractivity contribution in [3.05, 3.63) is 76.8 Å². The maximum atomic E-state index is 12.1. The van der Waals surface area contributed by atoms with Crippen LogP contribution >= 0.6 is 11.6 Å². The van der Waals surface area contributed by atoms with Gasteiger partial charge in [-0.1, -0.05) is 41.9 Å². The minimum Gasteiger partial charge on any atom is -0.199 e. The first-order valence-corrected chi connectivity index (χ1v) is 8.19.